The van der Waals surface area contributed by atoms with Gasteiger partial charge < -0.3 is 10.9 Å². The molecule has 0 amide bonds. The van der Waals surface area contributed by atoms with Gasteiger partial charge in [0, 0.05) is 21.6 Å². The molecule has 94 valence electrons. The Morgan fingerprint density at radius 2 is 2.24 bits per heavy atom. The van der Waals surface area contributed by atoms with Crippen molar-refractivity contribution < 1.29 is 5.21 Å². The van der Waals surface area contributed by atoms with E-state index < -0.39 is 0 Å². The minimum absolute atomic E-state index is 0.210. The number of halogens is 2. The fourth-order valence-electron chi connectivity index (χ4n) is 1.29. The van der Waals surface area contributed by atoms with Gasteiger partial charge in [0.25, 0.3) is 0 Å². The molecule has 1 aromatic carbocycles. The standard InChI is InChI=1S/C11H14Cl2N2OS/c1-2-8(6-11(14)15-16)17-10-5-7(12)3-4-9(10)13/h3-5,8,16H,2,6H2,1H3,(H2,14,15). The van der Waals surface area contributed by atoms with Crippen LogP contribution in [0.4, 0.5) is 0 Å². The zero-order valence-corrected chi connectivity index (χ0v) is 11.7. The van der Waals surface area contributed by atoms with Crippen molar-refractivity contribution in [3.05, 3.63) is 28.2 Å². The van der Waals surface area contributed by atoms with Crippen LogP contribution in [-0.4, -0.2) is 16.3 Å². The van der Waals surface area contributed by atoms with Gasteiger partial charge in [-0.2, -0.15) is 0 Å². The number of nitrogens with two attached hydrogens (primary N) is 1. The van der Waals surface area contributed by atoms with Crippen molar-refractivity contribution >= 4 is 40.8 Å². The minimum Gasteiger partial charge on any atom is -0.409 e. The Hall–Kier alpha value is -0.580. The molecule has 3 N–H and O–H groups in total. The first kappa shape index (κ1) is 14.5. The van der Waals surface area contributed by atoms with E-state index in [1.165, 1.54) is 0 Å². The van der Waals surface area contributed by atoms with Gasteiger partial charge in [-0.3, -0.25) is 0 Å². The van der Waals surface area contributed by atoms with Crippen molar-refractivity contribution in [2.75, 3.05) is 0 Å². The number of oxime groups is 1. The number of amidine groups is 1. The molecular formula is C11H14Cl2N2OS. The predicted molar refractivity (Wildman–Crippen MR) is 74.4 cm³/mol. The van der Waals surface area contributed by atoms with Gasteiger partial charge in [0.15, 0.2) is 0 Å². The number of hydrogen-bond acceptors (Lipinski definition) is 3. The lowest BCUT2D eigenvalue weighted by Crippen LogP contribution is -2.18. The molecule has 0 spiro atoms. The van der Waals surface area contributed by atoms with E-state index in [4.69, 9.17) is 34.1 Å². The zero-order valence-electron chi connectivity index (χ0n) is 9.36. The van der Waals surface area contributed by atoms with Crippen LogP contribution in [0.15, 0.2) is 28.3 Å². The average Bonchev–Trinajstić information content (AvgIpc) is 2.32. The third-order valence-electron chi connectivity index (χ3n) is 2.21. The summed E-state index contributed by atoms with van der Waals surface area (Å²) in [6.45, 7) is 2.04. The van der Waals surface area contributed by atoms with Gasteiger partial charge in [0.2, 0.25) is 0 Å². The molecule has 0 aliphatic carbocycles. The van der Waals surface area contributed by atoms with E-state index in [2.05, 4.69) is 5.16 Å². The lowest BCUT2D eigenvalue weighted by molar-refractivity contribution is 0.316. The first-order valence-corrected chi connectivity index (χ1v) is 6.78. The summed E-state index contributed by atoms with van der Waals surface area (Å²) >= 11 is 13.6. The van der Waals surface area contributed by atoms with E-state index in [0.29, 0.717) is 16.5 Å². The SMILES string of the molecule is CCC(C/C(N)=N/O)Sc1cc(Cl)ccc1Cl. The molecule has 3 nitrogen and oxygen atoms in total. The lowest BCUT2D eigenvalue weighted by atomic mass is 10.2. The second kappa shape index (κ2) is 6.99. The Kier molecular flexibility index (Phi) is 5.95. The van der Waals surface area contributed by atoms with Crippen molar-refractivity contribution in [3.8, 4) is 0 Å². The largest absolute Gasteiger partial charge is 0.409 e. The summed E-state index contributed by atoms with van der Waals surface area (Å²) in [5, 5.41) is 13.1. The fraction of sp³-hybridized carbons (Fsp3) is 0.364. The van der Waals surface area contributed by atoms with Crippen LogP contribution in [0.3, 0.4) is 0 Å². The summed E-state index contributed by atoms with van der Waals surface area (Å²) in [5.74, 6) is 0.225. The number of hydrogen-bond donors (Lipinski definition) is 2. The van der Waals surface area contributed by atoms with Gasteiger partial charge in [0.05, 0.1) is 5.02 Å². The highest BCUT2D eigenvalue weighted by molar-refractivity contribution is 8.00. The summed E-state index contributed by atoms with van der Waals surface area (Å²) in [6, 6.07) is 5.34. The molecule has 0 aliphatic rings. The molecule has 0 fully saturated rings. The molecule has 6 heteroatoms. The first-order valence-electron chi connectivity index (χ1n) is 5.15. The van der Waals surface area contributed by atoms with Crippen LogP contribution in [0.2, 0.25) is 10.0 Å². The maximum atomic E-state index is 8.55. The van der Waals surface area contributed by atoms with Gasteiger partial charge in [-0.1, -0.05) is 35.3 Å². The molecule has 0 bridgehead atoms. The molecule has 17 heavy (non-hydrogen) atoms. The topological polar surface area (TPSA) is 58.6 Å². The molecule has 0 radical (unpaired) electrons. The Balaban J connectivity index is 2.76. The Morgan fingerprint density at radius 1 is 1.53 bits per heavy atom. The molecule has 0 aromatic heterocycles. The highest BCUT2D eigenvalue weighted by Crippen LogP contribution is 2.34. The smallest absolute Gasteiger partial charge is 0.140 e. The van der Waals surface area contributed by atoms with E-state index in [1.54, 1.807) is 23.9 Å². The molecule has 1 unspecified atom stereocenters. The van der Waals surface area contributed by atoms with E-state index in [0.717, 1.165) is 11.3 Å². The Labute approximate surface area is 115 Å². The Morgan fingerprint density at radius 3 is 2.82 bits per heavy atom. The molecule has 0 saturated carbocycles. The zero-order chi connectivity index (χ0) is 12.8. The first-order chi connectivity index (χ1) is 8.06. The molecule has 0 saturated heterocycles. The molecule has 0 heterocycles. The monoisotopic (exact) mass is 292 g/mol. The van der Waals surface area contributed by atoms with Gasteiger partial charge in [0.1, 0.15) is 5.84 Å². The Bertz CT molecular complexity index is 412. The third-order valence-corrected chi connectivity index (χ3v) is 4.31. The van der Waals surface area contributed by atoms with Crippen LogP contribution in [0.25, 0.3) is 0 Å². The van der Waals surface area contributed by atoms with Crippen LogP contribution in [-0.2, 0) is 0 Å². The number of nitrogens with zero attached hydrogens (tertiary/aromatic N) is 1. The predicted octanol–water partition coefficient (Wildman–Crippen LogP) is 4.00. The van der Waals surface area contributed by atoms with E-state index in [1.807, 2.05) is 13.0 Å². The second-order valence-corrected chi connectivity index (χ2v) is 5.70. The number of rotatable bonds is 5. The summed E-state index contributed by atoms with van der Waals surface area (Å²) in [7, 11) is 0. The normalized spacial score (nSPS) is 13.7. The van der Waals surface area contributed by atoms with E-state index >= 15 is 0 Å². The summed E-state index contributed by atoms with van der Waals surface area (Å²) in [6.07, 6.45) is 1.41. The van der Waals surface area contributed by atoms with Gasteiger partial charge in [-0.05, 0) is 24.6 Å². The highest BCUT2D eigenvalue weighted by atomic mass is 35.5. The van der Waals surface area contributed by atoms with Gasteiger partial charge >= 0.3 is 0 Å². The van der Waals surface area contributed by atoms with E-state index in [-0.39, 0.29) is 11.1 Å². The van der Waals surface area contributed by atoms with Gasteiger partial charge in [-0.25, -0.2) is 0 Å². The van der Waals surface area contributed by atoms with Crippen molar-refractivity contribution in [1.82, 2.24) is 0 Å². The van der Waals surface area contributed by atoms with Crippen molar-refractivity contribution in [2.45, 2.75) is 29.9 Å². The second-order valence-electron chi connectivity index (χ2n) is 3.52. The molecule has 1 rings (SSSR count). The maximum Gasteiger partial charge on any atom is 0.140 e. The molecule has 1 atom stereocenters. The highest BCUT2D eigenvalue weighted by Gasteiger charge is 2.13. The van der Waals surface area contributed by atoms with Gasteiger partial charge in [-0.15, -0.1) is 11.8 Å². The quantitative estimate of drug-likeness (QED) is 0.283. The molecule has 0 aliphatic heterocycles. The van der Waals surface area contributed by atoms with Crippen LogP contribution < -0.4 is 5.73 Å². The fourth-order valence-corrected chi connectivity index (χ4v) is 2.93. The average molecular weight is 293 g/mol. The van der Waals surface area contributed by atoms with Crippen LogP contribution in [0.1, 0.15) is 19.8 Å². The summed E-state index contributed by atoms with van der Waals surface area (Å²) in [4.78, 5) is 0.914. The lowest BCUT2D eigenvalue weighted by Gasteiger charge is -2.14. The van der Waals surface area contributed by atoms with Crippen molar-refractivity contribution in [3.63, 3.8) is 0 Å². The van der Waals surface area contributed by atoms with Crippen molar-refractivity contribution in [1.29, 1.82) is 0 Å². The molecule has 1 aromatic rings. The number of benzene rings is 1. The van der Waals surface area contributed by atoms with E-state index in [9.17, 15) is 0 Å². The number of thioether (sulfide) groups is 1. The molecular weight excluding hydrogens is 279 g/mol. The summed E-state index contributed by atoms with van der Waals surface area (Å²) in [5.41, 5.74) is 5.50. The minimum atomic E-state index is 0.210. The van der Waals surface area contributed by atoms with Crippen molar-refractivity contribution in [2.24, 2.45) is 10.9 Å². The maximum absolute atomic E-state index is 8.55. The van der Waals surface area contributed by atoms with Crippen LogP contribution in [0.5, 0.6) is 0 Å². The third kappa shape index (κ3) is 4.66. The van der Waals surface area contributed by atoms with Crippen LogP contribution >= 0.6 is 35.0 Å². The summed E-state index contributed by atoms with van der Waals surface area (Å²) < 4.78 is 0. The van der Waals surface area contributed by atoms with Crippen LogP contribution in [0, 0.1) is 0 Å².